The van der Waals surface area contributed by atoms with Crippen molar-refractivity contribution in [1.29, 1.82) is 0 Å². The molecule has 1 atom stereocenters. The van der Waals surface area contributed by atoms with E-state index in [2.05, 4.69) is 39.1 Å². The smallest absolute Gasteiger partial charge is 0.127 e. The van der Waals surface area contributed by atoms with Gasteiger partial charge in [-0.1, -0.05) is 26.8 Å². The van der Waals surface area contributed by atoms with Crippen molar-refractivity contribution in [2.75, 3.05) is 6.54 Å². The molecule has 1 N–H and O–H groups in total. The zero-order valence-electron chi connectivity index (χ0n) is 12.5. The van der Waals surface area contributed by atoms with E-state index in [1.165, 1.54) is 0 Å². The van der Waals surface area contributed by atoms with Crippen molar-refractivity contribution >= 4 is 0 Å². The summed E-state index contributed by atoms with van der Waals surface area (Å²) in [5.41, 5.74) is 2.76. The molecule has 1 aromatic rings. The molecule has 1 unspecified atom stereocenters. The van der Waals surface area contributed by atoms with Crippen molar-refractivity contribution in [3.63, 3.8) is 0 Å². The van der Waals surface area contributed by atoms with Gasteiger partial charge in [-0.25, -0.2) is 4.39 Å². The Balaban J connectivity index is 3.04. The van der Waals surface area contributed by atoms with Gasteiger partial charge in [0.15, 0.2) is 0 Å². The third-order valence-electron chi connectivity index (χ3n) is 3.48. The molecule has 102 valence electrons. The van der Waals surface area contributed by atoms with E-state index in [4.69, 9.17) is 0 Å². The van der Waals surface area contributed by atoms with E-state index in [0.717, 1.165) is 29.7 Å². The van der Waals surface area contributed by atoms with Gasteiger partial charge in [0.1, 0.15) is 5.82 Å². The van der Waals surface area contributed by atoms with Crippen LogP contribution >= 0.6 is 0 Å². The molecule has 0 aliphatic rings. The van der Waals surface area contributed by atoms with Gasteiger partial charge in [0, 0.05) is 6.04 Å². The normalized spacial score (nSPS) is 13.7. The van der Waals surface area contributed by atoms with Crippen molar-refractivity contribution < 1.29 is 4.39 Å². The van der Waals surface area contributed by atoms with Gasteiger partial charge in [-0.15, -0.1) is 0 Å². The predicted molar refractivity (Wildman–Crippen MR) is 76.7 cm³/mol. The standard InChI is InChI=1S/C16H26FN/c1-7-18-13(4)10-16(5,6)15-12(3)8-11(2)9-14(15)17/h8-9,13,18H,7,10H2,1-6H3. The summed E-state index contributed by atoms with van der Waals surface area (Å²) in [6.45, 7) is 13.4. The fourth-order valence-corrected chi connectivity index (χ4v) is 3.06. The van der Waals surface area contributed by atoms with Crippen LogP contribution in [0.5, 0.6) is 0 Å². The molecule has 2 heteroatoms. The van der Waals surface area contributed by atoms with Crippen molar-refractivity contribution in [1.82, 2.24) is 5.32 Å². The minimum atomic E-state index is -0.149. The summed E-state index contributed by atoms with van der Waals surface area (Å²) < 4.78 is 14.2. The number of rotatable bonds is 5. The topological polar surface area (TPSA) is 12.0 Å². The number of hydrogen-bond donors (Lipinski definition) is 1. The Labute approximate surface area is 111 Å². The number of halogens is 1. The number of hydrogen-bond acceptors (Lipinski definition) is 1. The molecule has 0 heterocycles. The van der Waals surface area contributed by atoms with Crippen LogP contribution in [0.25, 0.3) is 0 Å². The van der Waals surface area contributed by atoms with Gasteiger partial charge in [-0.2, -0.15) is 0 Å². The lowest BCUT2D eigenvalue weighted by atomic mass is 9.76. The lowest BCUT2D eigenvalue weighted by Crippen LogP contribution is -2.34. The van der Waals surface area contributed by atoms with Crippen LogP contribution in [-0.4, -0.2) is 12.6 Å². The Kier molecular flexibility index (Phi) is 4.92. The first-order valence-corrected chi connectivity index (χ1v) is 6.78. The quantitative estimate of drug-likeness (QED) is 0.830. The first kappa shape index (κ1) is 15.2. The minimum Gasteiger partial charge on any atom is -0.315 e. The third kappa shape index (κ3) is 3.55. The van der Waals surface area contributed by atoms with E-state index < -0.39 is 0 Å². The average Bonchev–Trinajstić information content (AvgIpc) is 2.13. The summed E-state index contributed by atoms with van der Waals surface area (Å²) >= 11 is 0. The van der Waals surface area contributed by atoms with Crippen LogP contribution in [0.1, 0.15) is 50.8 Å². The SMILES string of the molecule is CCNC(C)CC(C)(C)c1c(C)cc(C)cc1F. The van der Waals surface area contributed by atoms with Crippen LogP contribution < -0.4 is 5.32 Å². The van der Waals surface area contributed by atoms with E-state index in [1.807, 2.05) is 13.8 Å². The fourth-order valence-electron chi connectivity index (χ4n) is 3.06. The molecule has 0 fully saturated rings. The Hall–Kier alpha value is -0.890. The molecule has 1 aromatic carbocycles. The van der Waals surface area contributed by atoms with Crippen molar-refractivity contribution in [2.24, 2.45) is 0 Å². The lowest BCUT2D eigenvalue weighted by molar-refractivity contribution is 0.380. The molecule has 0 saturated carbocycles. The maximum absolute atomic E-state index is 14.2. The highest BCUT2D eigenvalue weighted by Gasteiger charge is 2.28. The first-order chi connectivity index (χ1) is 8.27. The third-order valence-corrected chi connectivity index (χ3v) is 3.48. The van der Waals surface area contributed by atoms with Crippen molar-refractivity contribution in [3.8, 4) is 0 Å². The maximum Gasteiger partial charge on any atom is 0.127 e. The van der Waals surface area contributed by atoms with E-state index in [1.54, 1.807) is 6.07 Å². The molecule has 0 aliphatic heterocycles. The second-order valence-corrected chi connectivity index (χ2v) is 5.99. The van der Waals surface area contributed by atoms with E-state index >= 15 is 0 Å². The zero-order chi connectivity index (χ0) is 13.9. The Morgan fingerprint density at radius 2 is 1.89 bits per heavy atom. The van der Waals surface area contributed by atoms with E-state index in [-0.39, 0.29) is 11.2 Å². The lowest BCUT2D eigenvalue weighted by Gasteiger charge is -2.31. The molecule has 0 radical (unpaired) electrons. The maximum atomic E-state index is 14.2. The fraction of sp³-hybridized carbons (Fsp3) is 0.625. The molecule has 0 aromatic heterocycles. The Bertz CT molecular complexity index is 387. The largest absolute Gasteiger partial charge is 0.315 e. The van der Waals surface area contributed by atoms with Crippen molar-refractivity contribution in [2.45, 2.75) is 59.4 Å². The predicted octanol–water partition coefficient (Wildman–Crippen LogP) is 4.11. The highest BCUT2D eigenvalue weighted by Crippen LogP contribution is 2.33. The van der Waals surface area contributed by atoms with Crippen molar-refractivity contribution in [3.05, 3.63) is 34.6 Å². The van der Waals surface area contributed by atoms with Gasteiger partial charge >= 0.3 is 0 Å². The van der Waals surface area contributed by atoms with Gasteiger partial charge in [-0.05, 0) is 61.9 Å². The monoisotopic (exact) mass is 251 g/mol. The van der Waals surface area contributed by atoms with E-state index in [0.29, 0.717) is 6.04 Å². The van der Waals surface area contributed by atoms with Gasteiger partial charge in [0.25, 0.3) is 0 Å². The highest BCUT2D eigenvalue weighted by molar-refractivity contribution is 5.37. The van der Waals surface area contributed by atoms with Crippen LogP contribution in [-0.2, 0) is 5.41 Å². The summed E-state index contributed by atoms with van der Waals surface area (Å²) in [5.74, 6) is -0.0683. The molecular weight excluding hydrogens is 225 g/mol. The van der Waals surface area contributed by atoms with Gasteiger partial charge < -0.3 is 5.32 Å². The van der Waals surface area contributed by atoms with Crippen LogP contribution in [0.3, 0.4) is 0 Å². The molecule has 1 rings (SSSR count). The molecule has 1 nitrogen and oxygen atoms in total. The molecule has 0 spiro atoms. The number of nitrogens with one attached hydrogen (secondary N) is 1. The summed E-state index contributed by atoms with van der Waals surface area (Å²) in [5, 5.41) is 3.40. The average molecular weight is 251 g/mol. The highest BCUT2D eigenvalue weighted by atomic mass is 19.1. The van der Waals surface area contributed by atoms with Gasteiger partial charge in [0.05, 0.1) is 0 Å². The van der Waals surface area contributed by atoms with E-state index in [9.17, 15) is 4.39 Å². The first-order valence-electron chi connectivity index (χ1n) is 6.78. The van der Waals surface area contributed by atoms with Gasteiger partial charge in [-0.3, -0.25) is 0 Å². The van der Waals surface area contributed by atoms with Crippen LogP contribution in [0.4, 0.5) is 4.39 Å². The number of benzene rings is 1. The molecule has 0 saturated heterocycles. The second-order valence-electron chi connectivity index (χ2n) is 5.99. The van der Waals surface area contributed by atoms with Crippen LogP contribution in [0.2, 0.25) is 0 Å². The second kappa shape index (κ2) is 5.83. The Morgan fingerprint density at radius 3 is 2.39 bits per heavy atom. The Morgan fingerprint density at radius 1 is 1.28 bits per heavy atom. The number of aryl methyl sites for hydroxylation is 2. The minimum absolute atomic E-state index is 0.0683. The molecule has 0 bridgehead atoms. The summed E-state index contributed by atoms with van der Waals surface area (Å²) in [7, 11) is 0. The van der Waals surface area contributed by atoms with Crippen LogP contribution in [0.15, 0.2) is 12.1 Å². The molecule has 0 aliphatic carbocycles. The summed E-state index contributed by atoms with van der Waals surface area (Å²) in [6, 6.07) is 4.10. The summed E-state index contributed by atoms with van der Waals surface area (Å²) in [4.78, 5) is 0. The molecule has 18 heavy (non-hydrogen) atoms. The summed E-state index contributed by atoms with van der Waals surface area (Å²) in [6.07, 6.45) is 0.932. The molecular formula is C16H26FN. The van der Waals surface area contributed by atoms with Gasteiger partial charge in [0.2, 0.25) is 0 Å². The van der Waals surface area contributed by atoms with Crippen LogP contribution in [0, 0.1) is 19.7 Å². The zero-order valence-corrected chi connectivity index (χ0v) is 12.5. The molecule has 0 amide bonds.